The molecule has 0 saturated carbocycles. The number of carbonyl (C=O) groups excluding carboxylic acids is 2. The number of carbonyl (C=O) groups is 2. The third-order valence-electron chi connectivity index (χ3n) is 7.51. The average Bonchev–Trinajstić information content (AvgIpc) is 2.97. The quantitative estimate of drug-likeness (QED) is 0.475. The van der Waals surface area contributed by atoms with Crippen molar-refractivity contribution in [1.82, 2.24) is 4.90 Å². The first-order valence-corrected chi connectivity index (χ1v) is 12.9. The molecular weight excluding hydrogens is 485 g/mol. The molecule has 2 atom stereocenters. The molecule has 0 aliphatic carbocycles. The lowest BCUT2D eigenvalue weighted by Crippen LogP contribution is -2.54. The number of methoxy groups -OCH3 is 2. The summed E-state index contributed by atoms with van der Waals surface area (Å²) < 4.78 is 24.0. The van der Waals surface area contributed by atoms with E-state index in [1.54, 1.807) is 31.3 Å². The molecule has 0 radical (unpaired) electrons. The topological polar surface area (TPSA) is 62.3 Å². The average molecular weight is 518 g/mol. The Kier molecular flexibility index (Phi) is 7.49. The van der Waals surface area contributed by atoms with Crippen LogP contribution in [0.2, 0.25) is 0 Å². The molecule has 2 aliphatic heterocycles. The molecule has 7 nitrogen and oxygen atoms in total. The summed E-state index contributed by atoms with van der Waals surface area (Å²) in [6, 6.07) is 21.0. The summed E-state index contributed by atoms with van der Waals surface area (Å²) in [7, 11) is 3.21. The van der Waals surface area contributed by atoms with Gasteiger partial charge < -0.3 is 24.2 Å². The molecular formula is C30H32FN3O4. The van der Waals surface area contributed by atoms with Crippen molar-refractivity contribution < 1.29 is 23.5 Å². The van der Waals surface area contributed by atoms with E-state index < -0.39 is 6.04 Å². The van der Waals surface area contributed by atoms with Crippen LogP contribution in [0.25, 0.3) is 0 Å². The summed E-state index contributed by atoms with van der Waals surface area (Å²) in [5.74, 6) is 0.801. The number of ether oxygens (including phenoxy) is 2. The van der Waals surface area contributed by atoms with Crippen LogP contribution in [0, 0.1) is 11.7 Å². The van der Waals surface area contributed by atoms with Gasteiger partial charge >= 0.3 is 0 Å². The summed E-state index contributed by atoms with van der Waals surface area (Å²) in [6.45, 7) is 2.47. The van der Waals surface area contributed by atoms with Crippen LogP contribution in [-0.4, -0.2) is 57.1 Å². The van der Waals surface area contributed by atoms with E-state index in [2.05, 4.69) is 4.90 Å². The molecule has 0 bridgehead atoms. The number of anilines is 2. The van der Waals surface area contributed by atoms with E-state index in [0.717, 1.165) is 16.9 Å². The van der Waals surface area contributed by atoms with Crippen molar-refractivity contribution in [2.24, 2.45) is 5.92 Å². The number of halogens is 1. The van der Waals surface area contributed by atoms with Gasteiger partial charge in [0.1, 0.15) is 17.3 Å². The summed E-state index contributed by atoms with van der Waals surface area (Å²) >= 11 is 0. The lowest BCUT2D eigenvalue weighted by molar-refractivity contribution is -0.138. The summed E-state index contributed by atoms with van der Waals surface area (Å²) in [6.07, 6.45) is 0.782. The molecule has 2 saturated heterocycles. The molecule has 3 aromatic carbocycles. The van der Waals surface area contributed by atoms with E-state index in [-0.39, 0.29) is 23.5 Å². The number of rotatable bonds is 6. The van der Waals surface area contributed by atoms with Crippen LogP contribution in [0.3, 0.4) is 0 Å². The van der Waals surface area contributed by atoms with Crippen LogP contribution in [-0.2, 0) is 9.59 Å². The van der Waals surface area contributed by atoms with E-state index in [1.165, 1.54) is 12.1 Å². The second-order valence-electron chi connectivity index (χ2n) is 9.61. The molecule has 2 aliphatic rings. The Hall–Kier alpha value is -4.07. The van der Waals surface area contributed by atoms with Crippen molar-refractivity contribution in [3.63, 3.8) is 0 Å². The maximum Gasteiger partial charge on any atom is 0.228 e. The maximum absolute atomic E-state index is 14.0. The smallest absolute Gasteiger partial charge is 0.228 e. The minimum atomic E-state index is -0.446. The highest BCUT2D eigenvalue weighted by atomic mass is 19.1. The Bertz CT molecular complexity index is 1260. The number of benzene rings is 3. The van der Waals surface area contributed by atoms with E-state index in [0.29, 0.717) is 50.5 Å². The van der Waals surface area contributed by atoms with Gasteiger partial charge in [-0.2, -0.15) is 0 Å². The zero-order valence-corrected chi connectivity index (χ0v) is 21.7. The van der Waals surface area contributed by atoms with Gasteiger partial charge in [-0.25, -0.2) is 4.39 Å². The van der Waals surface area contributed by atoms with Gasteiger partial charge in [-0.1, -0.05) is 12.1 Å². The molecule has 0 N–H and O–H groups in total. The van der Waals surface area contributed by atoms with Gasteiger partial charge in [0.2, 0.25) is 11.8 Å². The van der Waals surface area contributed by atoms with Crippen LogP contribution in [0.4, 0.5) is 15.8 Å². The third-order valence-corrected chi connectivity index (χ3v) is 7.51. The SMILES string of the molecule is COc1ccc([C@H]2[C@@H](C(=O)N3CCN(c4ccc(F)cc4)CC3)CCC(=O)N2c2ccc(OC)cc2)cc1. The van der Waals surface area contributed by atoms with Gasteiger partial charge in [0.15, 0.2) is 0 Å². The second-order valence-corrected chi connectivity index (χ2v) is 9.61. The van der Waals surface area contributed by atoms with Crippen molar-refractivity contribution in [3.8, 4) is 11.5 Å². The van der Waals surface area contributed by atoms with Crippen LogP contribution in [0.5, 0.6) is 11.5 Å². The number of piperazine rings is 1. The van der Waals surface area contributed by atoms with Crippen molar-refractivity contribution in [2.45, 2.75) is 18.9 Å². The number of piperidine rings is 1. The summed E-state index contributed by atoms with van der Waals surface area (Å²) in [4.78, 5) is 33.2. The number of hydrogen-bond donors (Lipinski definition) is 0. The molecule has 2 amide bonds. The minimum Gasteiger partial charge on any atom is -0.497 e. The van der Waals surface area contributed by atoms with E-state index in [1.807, 2.05) is 53.4 Å². The fourth-order valence-electron chi connectivity index (χ4n) is 5.45. The zero-order valence-electron chi connectivity index (χ0n) is 21.7. The number of amides is 2. The van der Waals surface area contributed by atoms with Crippen LogP contribution in [0.15, 0.2) is 72.8 Å². The lowest BCUT2D eigenvalue weighted by atomic mass is 9.82. The Labute approximate surface area is 222 Å². The van der Waals surface area contributed by atoms with E-state index in [9.17, 15) is 14.0 Å². The van der Waals surface area contributed by atoms with Crippen LogP contribution in [0.1, 0.15) is 24.4 Å². The number of nitrogens with zero attached hydrogens (tertiary/aromatic N) is 3. The predicted octanol–water partition coefficient (Wildman–Crippen LogP) is 4.68. The molecule has 38 heavy (non-hydrogen) atoms. The van der Waals surface area contributed by atoms with E-state index in [4.69, 9.17) is 9.47 Å². The van der Waals surface area contributed by atoms with Crippen molar-refractivity contribution >= 4 is 23.2 Å². The van der Waals surface area contributed by atoms with Gasteiger partial charge in [-0.3, -0.25) is 9.59 Å². The molecule has 8 heteroatoms. The minimum absolute atomic E-state index is 0.0128. The highest BCUT2D eigenvalue weighted by Crippen LogP contribution is 2.41. The van der Waals surface area contributed by atoms with Gasteiger partial charge in [-0.05, 0) is 72.6 Å². The second kappa shape index (κ2) is 11.1. The van der Waals surface area contributed by atoms with Crippen molar-refractivity contribution in [2.75, 3.05) is 50.2 Å². The molecule has 0 unspecified atom stereocenters. The molecule has 0 aromatic heterocycles. The fraction of sp³-hybridized carbons (Fsp3) is 0.333. The highest BCUT2D eigenvalue weighted by molar-refractivity contribution is 5.97. The molecule has 0 spiro atoms. The lowest BCUT2D eigenvalue weighted by Gasteiger charge is -2.44. The van der Waals surface area contributed by atoms with Gasteiger partial charge in [-0.15, -0.1) is 0 Å². The van der Waals surface area contributed by atoms with Crippen molar-refractivity contribution in [3.05, 3.63) is 84.2 Å². The van der Waals surface area contributed by atoms with Gasteiger partial charge in [0.25, 0.3) is 0 Å². The molecule has 2 heterocycles. The first kappa shape index (κ1) is 25.6. The number of hydrogen-bond acceptors (Lipinski definition) is 5. The first-order chi connectivity index (χ1) is 18.5. The largest absolute Gasteiger partial charge is 0.497 e. The Morgan fingerprint density at radius 1 is 0.789 bits per heavy atom. The Morgan fingerprint density at radius 2 is 1.34 bits per heavy atom. The molecule has 3 aromatic rings. The maximum atomic E-state index is 14.0. The van der Waals surface area contributed by atoms with Crippen molar-refractivity contribution in [1.29, 1.82) is 0 Å². The molecule has 2 fully saturated rings. The standard InChI is InChI=1S/C30H32FN3O4/c1-37-25-11-3-21(4-12-25)29-27(15-16-28(35)34(29)24-9-13-26(38-2)14-10-24)30(36)33-19-17-32(18-20-33)23-7-5-22(31)6-8-23/h3-14,27,29H,15-20H2,1-2H3/t27-,29-/m0/s1. The van der Waals surface area contributed by atoms with Crippen LogP contribution < -0.4 is 19.3 Å². The van der Waals surface area contributed by atoms with Crippen LogP contribution >= 0.6 is 0 Å². The molecule has 198 valence electrons. The van der Waals surface area contributed by atoms with Gasteiger partial charge in [0.05, 0.1) is 26.2 Å². The highest BCUT2D eigenvalue weighted by Gasteiger charge is 2.43. The first-order valence-electron chi connectivity index (χ1n) is 12.9. The molecule has 5 rings (SSSR count). The monoisotopic (exact) mass is 517 g/mol. The predicted molar refractivity (Wildman–Crippen MR) is 144 cm³/mol. The Morgan fingerprint density at radius 3 is 1.92 bits per heavy atom. The summed E-state index contributed by atoms with van der Waals surface area (Å²) in [5.41, 5.74) is 2.57. The fourth-order valence-corrected chi connectivity index (χ4v) is 5.45. The zero-order chi connectivity index (χ0) is 26.6. The van der Waals surface area contributed by atoms with E-state index >= 15 is 0 Å². The Balaban J connectivity index is 1.41. The third kappa shape index (κ3) is 5.16. The normalized spacial score (nSPS) is 19.9. The summed E-state index contributed by atoms with van der Waals surface area (Å²) in [5, 5.41) is 0. The van der Waals surface area contributed by atoms with Gasteiger partial charge in [0, 0.05) is 44.0 Å².